The highest BCUT2D eigenvalue weighted by Gasteiger charge is 1.94. The summed E-state index contributed by atoms with van der Waals surface area (Å²) in [6, 6.07) is 0. The molecule has 0 fully saturated rings. The molecule has 7 heavy (non-hydrogen) atoms. The third-order valence-corrected chi connectivity index (χ3v) is 0.828. The fraction of sp³-hybridized carbons (Fsp3) is 1.00. The Bertz CT molecular complexity index is 40.7. The van der Waals surface area contributed by atoms with E-state index < -0.39 is 6.29 Å². The lowest BCUT2D eigenvalue weighted by molar-refractivity contribution is -0.0762. The van der Waals surface area contributed by atoms with Gasteiger partial charge < -0.3 is 9.84 Å². The smallest absolute Gasteiger partial charge is 0.163 e. The van der Waals surface area contributed by atoms with E-state index in [1.807, 2.05) is 6.92 Å². The van der Waals surface area contributed by atoms with Gasteiger partial charge in [0.25, 0.3) is 0 Å². The number of aliphatic hydroxyl groups excluding tert-OH is 1. The fourth-order valence-electron chi connectivity index (χ4n) is 0.245. The monoisotopic (exact) mass is 122 g/mol. The zero-order valence-electron chi connectivity index (χ0n) is 4.29. The third-order valence-electron chi connectivity index (χ3n) is 0.515. The Balaban J connectivity index is 2.83. The van der Waals surface area contributed by atoms with Crippen molar-refractivity contribution < 1.29 is 9.84 Å². The Morgan fingerprint density at radius 1 is 1.86 bits per heavy atom. The van der Waals surface area contributed by atoms with Crippen LogP contribution in [0.15, 0.2) is 0 Å². The van der Waals surface area contributed by atoms with E-state index in [1.54, 1.807) is 0 Å². The number of aliphatic hydroxyl groups is 1. The van der Waals surface area contributed by atoms with Crippen LogP contribution in [-0.2, 0) is 4.74 Å². The highest BCUT2D eigenvalue weighted by Crippen LogP contribution is 1.87. The van der Waals surface area contributed by atoms with Gasteiger partial charge in [0.05, 0.1) is 0 Å². The van der Waals surface area contributed by atoms with Gasteiger partial charge in [-0.1, -0.05) is 0 Å². The van der Waals surface area contributed by atoms with Gasteiger partial charge in [-0.3, -0.25) is 0 Å². The average Bonchev–Trinajstić information content (AvgIpc) is 1.68. The van der Waals surface area contributed by atoms with Crippen LogP contribution in [0.1, 0.15) is 6.92 Å². The summed E-state index contributed by atoms with van der Waals surface area (Å²) in [6.45, 7) is 2.37. The van der Waals surface area contributed by atoms with Crippen molar-refractivity contribution in [3.63, 3.8) is 0 Å². The van der Waals surface area contributed by atoms with Gasteiger partial charge in [-0.05, 0) is 6.92 Å². The average molecular weight is 122 g/mol. The summed E-state index contributed by atoms with van der Waals surface area (Å²) >= 11 is 3.77. The maximum absolute atomic E-state index is 8.56. The van der Waals surface area contributed by atoms with E-state index in [4.69, 9.17) is 5.11 Å². The van der Waals surface area contributed by atoms with Gasteiger partial charge in [-0.15, -0.1) is 0 Å². The molecule has 0 aromatic carbocycles. The standard InChI is InChI=1S/C4H10O2S/c1-2-6-4(5)3-7/h4-5,7H,2-3H2,1H3. The lowest BCUT2D eigenvalue weighted by Gasteiger charge is -2.04. The minimum absolute atomic E-state index is 0.369. The summed E-state index contributed by atoms with van der Waals surface area (Å²) in [5.41, 5.74) is 0. The quantitative estimate of drug-likeness (QED) is 0.415. The van der Waals surface area contributed by atoms with Crippen molar-refractivity contribution in [3.8, 4) is 0 Å². The predicted molar refractivity (Wildman–Crippen MR) is 31.5 cm³/mol. The van der Waals surface area contributed by atoms with Crippen LogP contribution in [0.3, 0.4) is 0 Å². The van der Waals surface area contributed by atoms with Crippen LogP contribution in [0, 0.1) is 0 Å². The molecule has 0 heterocycles. The molecule has 0 rings (SSSR count). The van der Waals surface area contributed by atoms with Crippen LogP contribution < -0.4 is 0 Å². The maximum Gasteiger partial charge on any atom is 0.163 e. The Morgan fingerprint density at radius 2 is 2.43 bits per heavy atom. The van der Waals surface area contributed by atoms with E-state index in [-0.39, 0.29) is 0 Å². The molecule has 0 amide bonds. The lowest BCUT2D eigenvalue weighted by atomic mass is 10.7. The van der Waals surface area contributed by atoms with Crippen molar-refractivity contribution >= 4 is 12.6 Å². The van der Waals surface area contributed by atoms with Crippen LogP contribution in [0.2, 0.25) is 0 Å². The summed E-state index contributed by atoms with van der Waals surface area (Å²) in [5.74, 6) is 0.369. The zero-order valence-corrected chi connectivity index (χ0v) is 5.19. The van der Waals surface area contributed by atoms with Crippen LogP contribution in [0.25, 0.3) is 0 Å². The molecule has 0 bridgehead atoms. The van der Waals surface area contributed by atoms with Gasteiger partial charge in [-0.25, -0.2) is 0 Å². The summed E-state index contributed by atoms with van der Waals surface area (Å²) in [7, 11) is 0. The van der Waals surface area contributed by atoms with E-state index >= 15 is 0 Å². The van der Waals surface area contributed by atoms with E-state index in [2.05, 4.69) is 17.4 Å². The van der Waals surface area contributed by atoms with Crippen LogP contribution in [-0.4, -0.2) is 23.8 Å². The largest absolute Gasteiger partial charge is 0.367 e. The van der Waals surface area contributed by atoms with Crippen molar-refractivity contribution in [2.75, 3.05) is 12.4 Å². The van der Waals surface area contributed by atoms with Gasteiger partial charge in [0.2, 0.25) is 0 Å². The first-order chi connectivity index (χ1) is 3.31. The number of thiol groups is 1. The molecular weight excluding hydrogens is 112 g/mol. The third kappa shape index (κ3) is 4.12. The van der Waals surface area contributed by atoms with Crippen molar-refractivity contribution in [1.29, 1.82) is 0 Å². The molecule has 0 aliphatic carbocycles. The minimum Gasteiger partial charge on any atom is -0.367 e. The molecule has 2 nitrogen and oxygen atoms in total. The lowest BCUT2D eigenvalue weighted by Crippen LogP contribution is -2.12. The molecule has 0 aliphatic rings. The second-order valence-electron chi connectivity index (χ2n) is 1.09. The molecule has 0 radical (unpaired) electrons. The first-order valence-electron chi connectivity index (χ1n) is 2.21. The van der Waals surface area contributed by atoms with Gasteiger partial charge >= 0.3 is 0 Å². The first kappa shape index (κ1) is 7.27. The molecule has 0 spiro atoms. The molecule has 0 saturated carbocycles. The zero-order chi connectivity index (χ0) is 5.70. The number of hydrogen-bond donors (Lipinski definition) is 2. The Kier molecular flexibility index (Phi) is 4.60. The summed E-state index contributed by atoms with van der Waals surface area (Å²) in [4.78, 5) is 0. The van der Waals surface area contributed by atoms with E-state index in [1.165, 1.54) is 0 Å². The van der Waals surface area contributed by atoms with E-state index in [9.17, 15) is 0 Å². The molecule has 0 aromatic heterocycles. The second-order valence-corrected chi connectivity index (χ2v) is 1.46. The molecule has 44 valence electrons. The number of rotatable bonds is 3. The highest BCUT2D eigenvalue weighted by molar-refractivity contribution is 7.80. The van der Waals surface area contributed by atoms with Gasteiger partial charge in [0.15, 0.2) is 6.29 Å². The Hall–Kier alpha value is 0.270. The molecule has 0 aromatic rings. The molecule has 1 unspecified atom stereocenters. The summed E-state index contributed by atoms with van der Waals surface area (Å²) in [5, 5.41) is 8.56. The van der Waals surface area contributed by atoms with E-state index in [0.717, 1.165) is 0 Å². The summed E-state index contributed by atoms with van der Waals surface area (Å²) in [6.07, 6.45) is -0.687. The molecule has 1 atom stereocenters. The number of ether oxygens (including phenoxy) is 1. The Labute approximate surface area is 48.9 Å². The predicted octanol–water partition coefficient (Wildman–Crippen LogP) is 0.271. The van der Waals surface area contributed by atoms with Gasteiger partial charge in [0.1, 0.15) is 0 Å². The molecule has 0 saturated heterocycles. The molecule has 3 heteroatoms. The topological polar surface area (TPSA) is 29.5 Å². The molecule has 1 N–H and O–H groups in total. The summed E-state index contributed by atoms with van der Waals surface area (Å²) < 4.78 is 4.67. The highest BCUT2D eigenvalue weighted by atomic mass is 32.1. The normalized spacial score (nSPS) is 14.1. The maximum atomic E-state index is 8.56. The molecular formula is C4H10O2S. The minimum atomic E-state index is -0.687. The van der Waals surface area contributed by atoms with Crippen molar-refractivity contribution in [2.45, 2.75) is 13.2 Å². The van der Waals surface area contributed by atoms with Gasteiger partial charge in [0, 0.05) is 12.4 Å². The molecule has 0 aliphatic heterocycles. The van der Waals surface area contributed by atoms with Gasteiger partial charge in [-0.2, -0.15) is 12.6 Å². The SMILES string of the molecule is CCOC(O)CS. The number of hydrogen-bond acceptors (Lipinski definition) is 3. The second kappa shape index (κ2) is 4.43. The first-order valence-corrected chi connectivity index (χ1v) is 2.85. The van der Waals surface area contributed by atoms with Crippen LogP contribution >= 0.6 is 12.6 Å². The van der Waals surface area contributed by atoms with Crippen LogP contribution in [0.5, 0.6) is 0 Å². The van der Waals surface area contributed by atoms with Crippen molar-refractivity contribution in [2.24, 2.45) is 0 Å². The van der Waals surface area contributed by atoms with Crippen molar-refractivity contribution in [3.05, 3.63) is 0 Å². The Morgan fingerprint density at radius 3 is 2.57 bits per heavy atom. The van der Waals surface area contributed by atoms with Crippen molar-refractivity contribution in [1.82, 2.24) is 0 Å². The van der Waals surface area contributed by atoms with Crippen LogP contribution in [0.4, 0.5) is 0 Å². The van der Waals surface area contributed by atoms with E-state index in [0.29, 0.717) is 12.4 Å². The fourth-order valence-corrected chi connectivity index (χ4v) is 0.351.